The molecular weight excluding hydrogens is 456 g/mol. The highest BCUT2D eigenvalue weighted by molar-refractivity contribution is 7.92. The lowest BCUT2D eigenvalue weighted by molar-refractivity contribution is -0.120. The van der Waals surface area contributed by atoms with Crippen molar-refractivity contribution in [3.63, 3.8) is 0 Å². The Morgan fingerprint density at radius 3 is 2.15 bits per heavy atom. The molecule has 0 unspecified atom stereocenters. The molecule has 0 saturated carbocycles. The Labute approximate surface area is 201 Å². The van der Waals surface area contributed by atoms with Crippen LogP contribution in [0.15, 0.2) is 83.8 Å². The highest BCUT2D eigenvalue weighted by Gasteiger charge is 2.29. The molecule has 0 aliphatic carbocycles. The lowest BCUT2D eigenvalue weighted by atomic mass is 9.97. The van der Waals surface area contributed by atoms with Gasteiger partial charge in [0.05, 0.1) is 16.6 Å². The van der Waals surface area contributed by atoms with E-state index < -0.39 is 10.0 Å². The molecule has 0 bridgehead atoms. The summed E-state index contributed by atoms with van der Waals surface area (Å²) >= 11 is 6.10. The Morgan fingerprint density at radius 1 is 0.970 bits per heavy atom. The number of amides is 1. The van der Waals surface area contributed by atoms with E-state index in [4.69, 9.17) is 11.6 Å². The molecular formula is C26H29ClN2O3S. The first-order valence-corrected chi connectivity index (χ1v) is 12.7. The van der Waals surface area contributed by atoms with Crippen LogP contribution in [0, 0.1) is 12.8 Å². The highest BCUT2D eigenvalue weighted by Crippen LogP contribution is 2.29. The van der Waals surface area contributed by atoms with Gasteiger partial charge >= 0.3 is 0 Å². The van der Waals surface area contributed by atoms with E-state index in [1.165, 1.54) is 12.1 Å². The number of benzene rings is 3. The van der Waals surface area contributed by atoms with Crippen molar-refractivity contribution >= 4 is 33.2 Å². The third-order valence-corrected chi connectivity index (χ3v) is 7.30. The van der Waals surface area contributed by atoms with Gasteiger partial charge in [-0.25, -0.2) is 8.42 Å². The third kappa shape index (κ3) is 6.36. The second-order valence-corrected chi connectivity index (χ2v) is 10.7. The molecule has 1 N–H and O–H groups in total. The maximum atomic E-state index is 13.6. The van der Waals surface area contributed by atoms with Crippen LogP contribution in [0.5, 0.6) is 0 Å². The quantitative estimate of drug-likeness (QED) is 0.420. The lowest BCUT2D eigenvalue weighted by Crippen LogP contribution is -2.42. The van der Waals surface area contributed by atoms with Crippen LogP contribution >= 0.6 is 11.6 Å². The first kappa shape index (κ1) is 24.8. The number of nitrogens with zero attached hydrogens (tertiary/aromatic N) is 1. The predicted octanol–water partition coefficient (Wildman–Crippen LogP) is 5.75. The van der Waals surface area contributed by atoms with Gasteiger partial charge in [0.1, 0.15) is 6.54 Å². The molecule has 7 heteroatoms. The first-order valence-electron chi connectivity index (χ1n) is 10.9. The third-order valence-electron chi connectivity index (χ3n) is 5.29. The Hall–Kier alpha value is -2.83. The monoisotopic (exact) mass is 484 g/mol. The van der Waals surface area contributed by atoms with Crippen LogP contribution in [-0.4, -0.2) is 20.9 Å². The largest absolute Gasteiger partial charge is 0.348 e. The molecule has 0 saturated heterocycles. The topological polar surface area (TPSA) is 66.5 Å². The van der Waals surface area contributed by atoms with E-state index in [0.717, 1.165) is 16.3 Å². The maximum absolute atomic E-state index is 13.6. The number of hydrogen-bond acceptors (Lipinski definition) is 3. The minimum Gasteiger partial charge on any atom is -0.348 e. The molecule has 1 atom stereocenters. The summed E-state index contributed by atoms with van der Waals surface area (Å²) in [5, 5.41) is 3.55. The zero-order chi connectivity index (χ0) is 24.0. The fraction of sp³-hybridized carbons (Fsp3) is 0.269. The van der Waals surface area contributed by atoms with Gasteiger partial charge in [0.15, 0.2) is 0 Å². The van der Waals surface area contributed by atoms with Crippen LogP contribution < -0.4 is 9.62 Å². The summed E-state index contributed by atoms with van der Waals surface area (Å²) in [6.45, 7) is 5.61. The van der Waals surface area contributed by atoms with Crippen molar-refractivity contribution in [3.05, 3.63) is 95.0 Å². The van der Waals surface area contributed by atoms with E-state index in [2.05, 4.69) is 19.2 Å². The second-order valence-electron chi connectivity index (χ2n) is 8.42. The highest BCUT2D eigenvalue weighted by atomic mass is 35.5. The van der Waals surface area contributed by atoms with Crippen molar-refractivity contribution in [2.24, 2.45) is 5.92 Å². The molecule has 1 amide bonds. The van der Waals surface area contributed by atoms with Gasteiger partial charge in [-0.3, -0.25) is 9.10 Å². The number of carbonyl (C=O) groups is 1. The number of sulfonamides is 1. The first-order chi connectivity index (χ1) is 15.7. The van der Waals surface area contributed by atoms with Crippen molar-refractivity contribution in [1.29, 1.82) is 0 Å². The van der Waals surface area contributed by atoms with Gasteiger partial charge in [0.25, 0.3) is 10.0 Å². The molecule has 3 aromatic rings. The number of nitrogens with one attached hydrogen (secondary N) is 1. The molecule has 3 rings (SSSR count). The standard InChI is InChI=1S/C26H29ClN2O3S/c1-19(2)16-24(21-10-6-4-7-11-21)28-26(30)18-29(25-15-14-22(27)17-20(25)3)33(31,32)23-12-8-5-9-13-23/h4-15,17,19,24H,16,18H2,1-3H3,(H,28,30)/t24-/m1/s1. The summed E-state index contributed by atoms with van der Waals surface area (Å²) in [7, 11) is -3.98. The van der Waals surface area contributed by atoms with E-state index in [-0.39, 0.29) is 23.4 Å². The average Bonchev–Trinajstić information content (AvgIpc) is 2.78. The van der Waals surface area contributed by atoms with E-state index in [1.54, 1.807) is 43.3 Å². The Bertz CT molecular complexity index is 1180. The smallest absolute Gasteiger partial charge is 0.264 e. The Balaban J connectivity index is 1.95. The van der Waals surface area contributed by atoms with Crippen LogP contribution in [0.3, 0.4) is 0 Å². The number of aryl methyl sites for hydroxylation is 1. The molecule has 0 radical (unpaired) electrons. The maximum Gasteiger partial charge on any atom is 0.264 e. The van der Waals surface area contributed by atoms with Crippen molar-refractivity contribution in [1.82, 2.24) is 5.32 Å². The number of halogens is 1. The minimum absolute atomic E-state index is 0.119. The molecule has 3 aromatic carbocycles. The summed E-state index contributed by atoms with van der Waals surface area (Å²) in [4.78, 5) is 13.3. The van der Waals surface area contributed by atoms with E-state index in [0.29, 0.717) is 22.2 Å². The Kier molecular flexibility index (Phi) is 8.16. The van der Waals surface area contributed by atoms with Gasteiger partial charge in [-0.15, -0.1) is 0 Å². The summed E-state index contributed by atoms with van der Waals surface area (Å²) in [6, 6.07) is 22.6. The average molecular weight is 485 g/mol. The Morgan fingerprint density at radius 2 is 1.58 bits per heavy atom. The molecule has 33 heavy (non-hydrogen) atoms. The van der Waals surface area contributed by atoms with Gasteiger partial charge in [0, 0.05) is 5.02 Å². The normalized spacial score (nSPS) is 12.4. The van der Waals surface area contributed by atoms with Gasteiger partial charge in [-0.2, -0.15) is 0 Å². The molecule has 0 spiro atoms. The van der Waals surface area contributed by atoms with Crippen molar-refractivity contribution < 1.29 is 13.2 Å². The van der Waals surface area contributed by atoms with Crippen molar-refractivity contribution in [2.45, 2.75) is 38.1 Å². The van der Waals surface area contributed by atoms with Crippen LogP contribution in [0.4, 0.5) is 5.69 Å². The van der Waals surface area contributed by atoms with Crippen molar-refractivity contribution in [2.75, 3.05) is 10.8 Å². The second kappa shape index (κ2) is 10.9. The van der Waals surface area contributed by atoms with Crippen LogP contribution in [0.2, 0.25) is 5.02 Å². The van der Waals surface area contributed by atoms with Crippen LogP contribution in [-0.2, 0) is 14.8 Å². The minimum atomic E-state index is -3.98. The summed E-state index contributed by atoms with van der Waals surface area (Å²) < 4.78 is 28.3. The zero-order valence-corrected chi connectivity index (χ0v) is 20.6. The van der Waals surface area contributed by atoms with Gasteiger partial charge in [-0.05, 0) is 60.7 Å². The molecule has 174 valence electrons. The van der Waals surface area contributed by atoms with Gasteiger partial charge in [0.2, 0.25) is 5.91 Å². The van der Waals surface area contributed by atoms with E-state index in [9.17, 15) is 13.2 Å². The molecule has 0 aliphatic heterocycles. The number of hydrogen-bond donors (Lipinski definition) is 1. The van der Waals surface area contributed by atoms with E-state index in [1.807, 2.05) is 30.3 Å². The summed E-state index contributed by atoms with van der Waals surface area (Å²) in [5.41, 5.74) is 2.06. The SMILES string of the molecule is Cc1cc(Cl)ccc1N(CC(=O)N[C@H](CC(C)C)c1ccccc1)S(=O)(=O)c1ccccc1. The van der Waals surface area contributed by atoms with Crippen LogP contribution in [0.1, 0.15) is 37.4 Å². The molecule has 0 heterocycles. The summed E-state index contributed by atoms with van der Waals surface area (Å²) in [6.07, 6.45) is 0.737. The fourth-order valence-corrected chi connectivity index (χ4v) is 5.46. The molecule has 0 aromatic heterocycles. The van der Waals surface area contributed by atoms with Crippen LogP contribution in [0.25, 0.3) is 0 Å². The van der Waals surface area contributed by atoms with Crippen molar-refractivity contribution in [3.8, 4) is 0 Å². The summed E-state index contributed by atoms with van der Waals surface area (Å²) in [5.74, 6) is -0.0310. The van der Waals surface area contributed by atoms with Gasteiger partial charge < -0.3 is 5.32 Å². The number of anilines is 1. The fourth-order valence-electron chi connectivity index (χ4n) is 3.72. The predicted molar refractivity (Wildman–Crippen MR) is 134 cm³/mol. The number of rotatable bonds is 9. The zero-order valence-electron chi connectivity index (χ0n) is 19.0. The molecule has 5 nitrogen and oxygen atoms in total. The van der Waals surface area contributed by atoms with E-state index >= 15 is 0 Å². The number of carbonyl (C=O) groups excluding carboxylic acids is 1. The van der Waals surface area contributed by atoms with Gasteiger partial charge in [-0.1, -0.05) is 74.0 Å². The molecule has 0 fully saturated rings. The molecule has 0 aliphatic rings. The lowest BCUT2D eigenvalue weighted by Gasteiger charge is -2.27.